The van der Waals surface area contributed by atoms with E-state index in [1.54, 1.807) is 18.3 Å². The van der Waals surface area contributed by atoms with E-state index in [4.69, 9.17) is 9.47 Å². The second-order valence-electron chi connectivity index (χ2n) is 6.72. The first-order valence-electron chi connectivity index (χ1n) is 9.35. The smallest absolute Gasteiger partial charge is 0.415 e. The molecule has 0 bridgehead atoms. The van der Waals surface area contributed by atoms with E-state index >= 15 is 0 Å². The second-order valence-corrected chi connectivity index (χ2v) is 6.72. The highest BCUT2D eigenvalue weighted by Crippen LogP contribution is 2.35. The van der Waals surface area contributed by atoms with Crippen molar-refractivity contribution in [2.75, 3.05) is 42.6 Å². The Hall–Kier alpha value is -2.93. The Labute approximate surface area is 163 Å². The van der Waals surface area contributed by atoms with Crippen LogP contribution >= 0.6 is 0 Å². The summed E-state index contributed by atoms with van der Waals surface area (Å²) in [6.45, 7) is 3.06. The summed E-state index contributed by atoms with van der Waals surface area (Å²) in [5.41, 5.74) is 2.02. The van der Waals surface area contributed by atoms with Gasteiger partial charge in [0.25, 0.3) is 0 Å². The zero-order valence-corrected chi connectivity index (χ0v) is 15.5. The number of anilines is 2. The topological polar surface area (TPSA) is 54.4 Å². The van der Waals surface area contributed by atoms with E-state index in [0.29, 0.717) is 50.8 Å². The summed E-state index contributed by atoms with van der Waals surface area (Å²) in [4.78, 5) is 20.2. The predicted molar refractivity (Wildman–Crippen MR) is 106 cm³/mol. The summed E-state index contributed by atoms with van der Waals surface area (Å²) < 4.78 is 25.4. The number of rotatable bonds is 5. The van der Waals surface area contributed by atoms with Crippen molar-refractivity contribution < 1.29 is 18.7 Å². The molecule has 0 N–H and O–H groups in total. The van der Waals surface area contributed by atoms with Crippen molar-refractivity contribution in [1.29, 1.82) is 0 Å². The average Bonchev–Trinajstić information content (AvgIpc) is 3.09. The first kappa shape index (κ1) is 18.4. The number of carbonyl (C=O) groups excluding carboxylic acids is 1. The largest absolute Gasteiger partial charge is 0.438 e. The normalized spacial score (nSPS) is 20.0. The van der Waals surface area contributed by atoms with Crippen LogP contribution in [0.15, 0.2) is 53.5 Å². The molecule has 2 saturated heterocycles. The summed E-state index contributed by atoms with van der Waals surface area (Å²) >= 11 is 0. The monoisotopic (exact) mass is 383 g/mol. The number of amides is 1. The first-order valence-corrected chi connectivity index (χ1v) is 9.35. The number of para-hydroxylation sites is 1. The molecule has 1 amide bonds. The van der Waals surface area contributed by atoms with Crippen molar-refractivity contribution in [2.45, 2.75) is 12.6 Å². The van der Waals surface area contributed by atoms with Gasteiger partial charge in [-0.05, 0) is 17.7 Å². The summed E-state index contributed by atoms with van der Waals surface area (Å²) in [5, 5.41) is 0. The number of aliphatic imine (C=N–C) groups is 1. The molecule has 146 valence electrons. The van der Waals surface area contributed by atoms with Gasteiger partial charge in [-0.25, -0.2) is 9.18 Å². The van der Waals surface area contributed by atoms with Gasteiger partial charge in [-0.3, -0.25) is 9.89 Å². The number of hydrogen-bond acceptors (Lipinski definition) is 5. The maximum Gasteiger partial charge on any atom is 0.415 e. The Morgan fingerprint density at radius 3 is 2.68 bits per heavy atom. The van der Waals surface area contributed by atoms with Crippen LogP contribution in [0.5, 0.6) is 0 Å². The summed E-state index contributed by atoms with van der Waals surface area (Å²) in [6, 6.07) is 14.6. The lowest BCUT2D eigenvalue weighted by Crippen LogP contribution is -2.38. The van der Waals surface area contributed by atoms with Crippen LogP contribution in [-0.4, -0.2) is 51.3 Å². The lowest BCUT2D eigenvalue weighted by molar-refractivity contribution is 0.122. The van der Waals surface area contributed by atoms with Crippen molar-refractivity contribution in [3.63, 3.8) is 0 Å². The third-order valence-corrected chi connectivity index (χ3v) is 4.81. The van der Waals surface area contributed by atoms with Gasteiger partial charge >= 0.3 is 6.09 Å². The molecular weight excluding hydrogens is 361 g/mol. The van der Waals surface area contributed by atoms with Crippen molar-refractivity contribution in [3.05, 3.63) is 59.9 Å². The average molecular weight is 383 g/mol. The van der Waals surface area contributed by atoms with E-state index < -0.39 is 12.2 Å². The molecule has 0 radical (unpaired) electrons. The molecule has 28 heavy (non-hydrogen) atoms. The number of benzene rings is 2. The molecule has 2 aromatic carbocycles. The zero-order valence-electron chi connectivity index (χ0n) is 15.5. The van der Waals surface area contributed by atoms with E-state index in [-0.39, 0.29) is 5.82 Å². The zero-order chi connectivity index (χ0) is 19.3. The molecule has 1 atom stereocenters. The fourth-order valence-electron chi connectivity index (χ4n) is 3.44. The number of ether oxygens (including phenoxy) is 2. The van der Waals surface area contributed by atoms with E-state index in [1.807, 2.05) is 35.2 Å². The van der Waals surface area contributed by atoms with Crippen LogP contribution in [0, 0.1) is 5.82 Å². The molecule has 0 saturated carbocycles. The van der Waals surface area contributed by atoms with Gasteiger partial charge in [-0.2, -0.15) is 0 Å². The van der Waals surface area contributed by atoms with E-state index in [9.17, 15) is 9.18 Å². The predicted octanol–water partition coefficient (Wildman–Crippen LogP) is 3.26. The van der Waals surface area contributed by atoms with Crippen LogP contribution in [0.1, 0.15) is 5.56 Å². The van der Waals surface area contributed by atoms with Crippen LogP contribution in [0.2, 0.25) is 0 Å². The molecule has 0 aromatic heterocycles. The minimum atomic E-state index is -0.490. The first-order chi connectivity index (χ1) is 13.7. The molecule has 2 heterocycles. The van der Waals surface area contributed by atoms with Crippen LogP contribution in [-0.2, 0) is 16.0 Å². The number of carbonyl (C=O) groups is 1. The molecule has 4 rings (SSSR count). The highest BCUT2D eigenvalue weighted by atomic mass is 19.1. The number of cyclic esters (lactones) is 1. The molecular formula is C21H22FN3O3. The van der Waals surface area contributed by atoms with E-state index in [0.717, 1.165) is 5.56 Å². The van der Waals surface area contributed by atoms with Gasteiger partial charge in [0.05, 0.1) is 37.7 Å². The van der Waals surface area contributed by atoms with Gasteiger partial charge < -0.3 is 14.4 Å². The minimum Gasteiger partial charge on any atom is -0.438 e. The lowest BCUT2D eigenvalue weighted by Gasteiger charge is -2.32. The van der Waals surface area contributed by atoms with Crippen LogP contribution < -0.4 is 9.80 Å². The standard InChI is InChI=1S/C21H22FN3O3/c22-18-7-4-8-19(20(18)24-9-11-27-12-10-24)25-15-17(28-21(25)26)14-23-13-16-5-2-1-3-6-16/h1-8,14,17H,9-13,15H2. The maximum absolute atomic E-state index is 14.6. The number of hydrogen-bond donors (Lipinski definition) is 0. The van der Waals surface area contributed by atoms with E-state index in [2.05, 4.69) is 4.99 Å². The van der Waals surface area contributed by atoms with Gasteiger partial charge in [0, 0.05) is 19.3 Å². The quantitative estimate of drug-likeness (QED) is 0.744. The Bertz CT molecular complexity index is 853. The highest BCUT2D eigenvalue weighted by molar-refractivity contribution is 5.96. The number of morpholine rings is 1. The van der Waals surface area contributed by atoms with Crippen molar-refractivity contribution in [3.8, 4) is 0 Å². The molecule has 6 nitrogen and oxygen atoms in total. The molecule has 2 aliphatic rings. The molecule has 2 fully saturated rings. The SMILES string of the molecule is O=C1OC(C=NCc2ccccc2)CN1c1cccc(F)c1N1CCOCC1. The molecule has 0 aliphatic carbocycles. The van der Waals surface area contributed by atoms with Gasteiger partial charge in [-0.15, -0.1) is 0 Å². The second kappa shape index (κ2) is 8.39. The lowest BCUT2D eigenvalue weighted by atomic mass is 10.2. The Balaban J connectivity index is 1.49. The fourth-order valence-corrected chi connectivity index (χ4v) is 3.44. The summed E-state index contributed by atoms with van der Waals surface area (Å²) in [6.07, 6.45) is 0.701. The fraction of sp³-hybridized carbons (Fsp3) is 0.333. The van der Waals surface area contributed by atoms with Gasteiger partial charge in [0.15, 0.2) is 6.10 Å². The number of halogens is 1. The van der Waals surface area contributed by atoms with E-state index in [1.165, 1.54) is 11.0 Å². The minimum absolute atomic E-state index is 0.303. The number of nitrogens with zero attached hydrogens (tertiary/aromatic N) is 3. The third kappa shape index (κ3) is 3.99. The highest BCUT2D eigenvalue weighted by Gasteiger charge is 2.34. The van der Waals surface area contributed by atoms with Crippen molar-refractivity contribution in [2.24, 2.45) is 4.99 Å². The molecule has 7 heteroatoms. The molecule has 2 aromatic rings. The maximum atomic E-state index is 14.6. The molecule has 0 spiro atoms. The molecule has 2 aliphatic heterocycles. The third-order valence-electron chi connectivity index (χ3n) is 4.81. The Kier molecular flexibility index (Phi) is 5.53. The summed E-state index contributed by atoms with van der Waals surface area (Å²) in [7, 11) is 0. The van der Waals surface area contributed by atoms with Gasteiger partial charge in [0.1, 0.15) is 5.82 Å². The Morgan fingerprint density at radius 1 is 1.11 bits per heavy atom. The molecule has 1 unspecified atom stereocenters. The van der Waals surface area contributed by atoms with Crippen LogP contribution in [0.4, 0.5) is 20.6 Å². The van der Waals surface area contributed by atoms with Crippen LogP contribution in [0.25, 0.3) is 0 Å². The van der Waals surface area contributed by atoms with Gasteiger partial charge in [-0.1, -0.05) is 36.4 Å². The summed E-state index contributed by atoms with van der Waals surface area (Å²) in [5.74, 6) is -0.353. The van der Waals surface area contributed by atoms with Crippen molar-refractivity contribution in [1.82, 2.24) is 0 Å². The van der Waals surface area contributed by atoms with Crippen molar-refractivity contribution >= 4 is 23.7 Å². The Morgan fingerprint density at radius 2 is 1.89 bits per heavy atom. The van der Waals surface area contributed by atoms with Gasteiger partial charge in [0.2, 0.25) is 0 Å². The van der Waals surface area contributed by atoms with Crippen LogP contribution in [0.3, 0.4) is 0 Å².